The monoisotopic (exact) mass is 204 g/mol. The Morgan fingerprint density at radius 1 is 1.57 bits per heavy atom. The molecule has 0 aromatic rings. The van der Waals surface area contributed by atoms with E-state index in [1.54, 1.807) is 20.8 Å². The average Bonchev–Trinajstić information content (AvgIpc) is 1.78. The molecule has 0 fully saturated rings. The van der Waals surface area contributed by atoms with E-state index < -0.39 is 22.7 Å². The van der Waals surface area contributed by atoms with Crippen molar-refractivity contribution in [3.05, 3.63) is 10.1 Å². The molecule has 0 aliphatic rings. The number of nitro groups is 1. The summed E-state index contributed by atoms with van der Waals surface area (Å²) in [7, 11) is 0. The van der Waals surface area contributed by atoms with Crippen LogP contribution < -0.4 is 5.73 Å². The molecular weight excluding hydrogens is 192 g/mol. The molecule has 0 aromatic carbocycles. The van der Waals surface area contributed by atoms with E-state index in [1.165, 1.54) is 0 Å². The summed E-state index contributed by atoms with van der Waals surface area (Å²) in [5.74, 6) is -0.996. The number of amides is 1. The summed E-state index contributed by atoms with van der Waals surface area (Å²) in [6, 6.07) is 0. The first-order valence-electron chi connectivity index (χ1n) is 3.66. The molecule has 1 amide bonds. The molecule has 0 spiro atoms. The van der Waals surface area contributed by atoms with Gasteiger partial charge >= 0.3 is 6.09 Å². The van der Waals surface area contributed by atoms with Gasteiger partial charge in [0, 0.05) is 5.01 Å². The summed E-state index contributed by atoms with van der Waals surface area (Å²) in [4.78, 5) is 21.4. The van der Waals surface area contributed by atoms with Crippen LogP contribution in [0.2, 0.25) is 0 Å². The molecular formula is C6H12N4O4. The Kier molecular flexibility index (Phi) is 3.38. The third kappa shape index (κ3) is 3.70. The highest BCUT2D eigenvalue weighted by Crippen LogP contribution is 2.09. The number of carbonyl (C=O) groups excluding carboxylic acids is 1. The molecule has 0 rings (SSSR count). The van der Waals surface area contributed by atoms with Gasteiger partial charge in [0.25, 0.3) is 5.96 Å². The molecule has 0 aliphatic carbocycles. The number of hydrogen-bond acceptors (Lipinski definition) is 5. The van der Waals surface area contributed by atoms with Crippen LogP contribution in [-0.2, 0) is 4.74 Å². The second-order valence-corrected chi connectivity index (χ2v) is 3.42. The predicted octanol–water partition coefficient (Wildman–Crippen LogP) is 0.309. The van der Waals surface area contributed by atoms with E-state index in [2.05, 4.69) is 4.74 Å². The van der Waals surface area contributed by atoms with Gasteiger partial charge in [-0.1, -0.05) is 0 Å². The summed E-state index contributed by atoms with van der Waals surface area (Å²) in [6.07, 6.45) is -1.28. The number of ether oxygens (including phenoxy) is 1. The summed E-state index contributed by atoms with van der Waals surface area (Å²) in [5.41, 5.74) is 3.95. The number of carbonyl (C=O) groups is 1. The molecule has 14 heavy (non-hydrogen) atoms. The van der Waals surface area contributed by atoms with E-state index in [4.69, 9.17) is 11.1 Å². The first-order chi connectivity index (χ1) is 6.15. The number of nitrogens with zero attached hydrogens (tertiary/aromatic N) is 2. The Balaban J connectivity index is 4.63. The molecule has 0 aliphatic heterocycles. The lowest BCUT2D eigenvalue weighted by Crippen LogP contribution is -2.47. The smallest absolute Gasteiger partial charge is 0.440 e. The van der Waals surface area contributed by atoms with Crippen LogP contribution in [-0.4, -0.2) is 27.7 Å². The van der Waals surface area contributed by atoms with Crippen LogP contribution in [0.1, 0.15) is 20.8 Å². The van der Waals surface area contributed by atoms with Gasteiger partial charge in [0.1, 0.15) is 5.60 Å². The molecule has 0 unspecified atom stereocenters. The van der Waals surface area contributed by atoms with Crippen molar-refractivity contribution < 1.29 is 14.6 Å². The van der Waals surface area contributed by atoms with Crippen molar-refractivity contribution >= 4 is 12.1 Å². The van der Waals surface area contributed by atoms with Gasteiger partial charge in [-0.2, -0.15) is 0 Å². The predicted molar refractivity (Wildman–Crippen MR) is 47.0 cm³/mol. The fourth-order valence-corrected chi connectivity index (χ4v) is 0.558. The van der Waals surface area contributed by atoms with Crippen molar-refractivity contribution in [1.29, 1.82) is 5.41 Å². The van der Waals surface area contributed by atoms with Gasteiger partial charge in [0.2, 0.25) is 0 Å². The fourth-order valence-electron chi connectivity index (χ4n) is 0.558. The minimum Gasteiger partial charge on any atom is -0.440 e. The minimum absolute atomic E-state index is 0.175. The molecule has 3 N–H and O–H groups in total. The van der Waals surface area contributed by atoms with Crippen LogP contribution in [0.4, 0.5) is 4.79 Å². The highest BCUT2D eigenvalue weighted by molar-refractivity contribution is 5.89. The second kappa shape index (κ2) is 3.90. The summed E-state index contributed by atoms with van der Waals surface area (Å²) in [5, 5.41) is 15.8. The van der Waals surface area contributed by atoms with Crippen molar-refractivity contribution in [2.45, 2.75) is 26.4 Å². The molecule has 0 atom stereocenters. The Morgan fingerprint density at radius 3 is 2.21 bits per heavy atom. The van der Waals surface area contributed by atoms with E-state index in [0.29, 0.717) is 0 Å². The number of nitrogens with one attached hydrogen (secondary N) is 1. The third-order valence-corrected chi connectivity index (χ3v) is 0.958. The Morgan fingerprint density at radius 2 is 2.00 bits per heavy atom. The van der Waals surface area contributed by atoms with Gasteiger partial charge in [-0.25, -0.2) is 14.9 Å². The average molecular weight is 204 g/mol. The van der Waals surface area contributed by atoms with Crippen molar-refractivity contribution in [1.82, 2.24) is 5.01 Å². The standard InChI is InChI=1S/C6H12N4O4/c1-6(2,3)14-5(11)9(4(7)8)10(12)13/h1-3H3,(H3,7,8). The van der Waals surface area contributed by atoms with Crippen LogP contribution in [0, 0.1) is 15.5 Å². The highest BCUT2D eigenvalue weighted by atomic mass is 16.7. The number of hydrazine groups is 1. The molecule has 8 nitrogen and oxygen atoms in total. The molecule has 0 radical (unpaired) electrons. The van der Waals surface area contributed by atoms with E-state index in [1.807, 2.05) is 0 Å². The van der Waals surface area contributed by atoms with Gasteiger partial charge < -0.3 is 10.5 Å². The maximum Gasteiger partial charge on any atom is 0.476 e. The lowest BCUT2D eigenvalue weighted by molar-refractivity contribution is -0.611. The van der Waals surface area contributed by atoms with E-state index >= 15 is 0 Å². The Labute approximate surface area is 80.2 Å². The van der Waals surface area contributed by atoms with Crippen LogP contribution in [0.15, 0.2) is 0 Å². The SMILES string of the molecule is CC(C)(C)OC(=O)N(C(=N)N)[N+](=O)[O-]. The molecule has 0 heterocycles. The maximum atomic E-state index is 11.1. The minimum atomic E-state index is -1.28. The van der Waals surface area contributed by atoms with E-state index in [9.17, 15) is 14.9 Å². The lowest BCUT2D eigenvalue weighted by Gasteiger charge is -2.20. The fraction of sp³-hybridized carbons (Fsp3) is 0.667. The molecule has 0 aromatic heterocycles. The zero-order valence-corrected chi connectivity index (χ0v) is 8.10. The summed E-state index contributed by atoms with van der Waals surface area (Å²) < 4.78 is 4.65. The molecule has 0 saturated heterocycles. The second-order valence-electron chi connectivity index (χ2n) is 3.42. The molecule has 8 heteroatoms. The van der Waals surface area contributed by atoms with Crippen LogP contribution in [0.3, 0.4) is 0 Å². The van der Waals surface area contributed by atoms with Crippen molar-refractivity contribution in [3.8, 4) is 0 Å². The number of rotatable bonds is 1. The number of nitrogens with two attached hydrogens (primary N) is 1. The van der Waals surface area contributed by atoms with E-state index in [-0.39, 0.29) is 5.01 Å². The lowest BCUT2D eigenvalue weighted by atomic mass is 10.2. The third-order valence-electron chi connectivity index (χ3n) is 0.958. The molecule has 0 saturated carbocycles. The van der Waals surface area contributed by atoms with Crippen molar-refractivity contribution in [2.75, 3.05) is 0 Å². The van der Waals surface area contributed by atoms with Gasteiger partial charge in [-0.3, -0.25) is 5.41 Å². The Bertz CT molecular complexity index is 255. The van der Waals surface area contributed by atoms with Crippen LogP contribution in [0.25, 0.3) is 0 Å². The normalized spacial score (nSPS) is 10.5. The first kappa shape index (κ1) is 12.1. The highest BCUT2D eigenvalue weighted by Gasteiger charge is 2.32. The van der Waals surface area contributed by atoms with E-state index in [0.717, 1.165) is 0 Å². The van der Waals surface area contributed by atoms with Crippen LogP contribution in [0.5, 0.6) is 0 Å². The molecule has 80 valence electrons. The first-order valence-corrected chi connectivity index (χ1v) is 3.66. The number of guanidine groups is 1. The van der Waals surface area contributed by atoms with Crippen molar-refractivity contribution in [2.24, 2.45) is 5.73 Å². The van der Waals surface area contributed by atoms with Gasteiger partial charge in [-0.15, -0.1) is 0 Å². The van der Waals surface area contributed by atoms with Gasteiger partial charge in [0.05, 0.1) is 0 Å². The van der Waals surface area contributed by atoms with Crippen molar-refractivity contribution in [3.63, 3.8) is 0 Å². The Hall–Kier alpha value is -1.86. The maximum absolute atomic E-state index is 11.1. The largest absolute Gasteiger partial charge is 0.476 e. The van der Waals surface area contributed by atoms with Gasteiger partial charge in [0.15, 0.2) is 5.03 Å². The zero-order chi connectivity index (χ0) is 11.5. The zero-order valence-electron chi connectivity index (χ0n) is 8.10. The number of hydrogen-bond donors (Lipinski definition) is 2. The molecule has 0 bridgehead atoms. The summed E-state index contributed by atoms with van der Waals surface area (Å²) in [6.45, 7) is 4.63. The summed E-state index contributed by atoms with van der Waals surface area (Å²) >= 11 is 0. The van der Waals surface area contributed by atoms with Gasteiger partial charge in [-0.05, 0) is 20.8 Å². The topological polar surface area (TPSA) is 123 Å². The van der Waals surface area contributed by atoms with Crippen LogP contribution >= 0.6 is 0 Å². The quantitative estimate of drug-likeness (QED) is 0.275.